The summed E-state index contributed by atoms with van der Waals surface area (Å²) in [7, 11) is 0. The van der Waals surface area contributed by atoms with Crippen LogP contribution < -0.4 is 4.74 Å². The lowest BCUT2D eigenvalue weighted by Gasteiger charge is -2.21. The number of nitrogens with zero attached hydrogens (tertiary/aromatic N) is 1. The zero-order chi connectivity index (χ0) is 19.8. The monoisotopic (exact) mass is 391 g/mol. The summed E-state index contributed by atoms with van der Waals surface area (Å²) in [6, 6.07) is 12.2. The minimum Gasteiger partial charge on any atom is -0.464 e. The molecule has 0 aromatic heterocycles. The van der Waals surface area contributed by atoms with E-state index < -0.39 is 22.2 Å². The van der Waals surface area contributed by atoms with Gasteiger partial charge in [-0.2, -0.15) is 0 Å². The number of hydrogen-bond donors (Lipinski definition) is 1. The van der Waals surface area contributed by atoms with E-state index in [2.05, 4.69) is 0 Å². The second kappa shape index (κ2) is 9.70. The Hall–Kier alpha value is -2.91. The molecule has 0 bridgehead atoms. The van der Waals surface area contributed by atoms with Crippen molar-refractivity contribution in [3.63, 3.8) is 0 Å². The van der Waals surface area contributed by atoms with Gasteiger partial charge in [0.05, 0.1) is 21.7 Å². The fourth-order valence-electron chi connectivity index (χ4n) is 2.30. The fraction of sp³-hybridized carbons (Fsp3) is 0.222. The van der Waals surface area contributed by atoms with Gasteiger partial charge in [-0.25, -0.2) is 4.79 Å². The standard InChI is InChI=1S/C18H17NO7S/c1-2-25-18(22)16(21)17(12-7-9-13(10-8-12)26-11-20)27-15-6-4-3-5-14(15)19(23)24/h3-11,16-17,21H,2H2,1H3/t16-,17+/m1/s1. The molecule has 0 unspecified atom stereocenters. The topological polar surface area (TPSA) is 116 Å². The van der Waals surface area contributed by atoms with Gasteiger partial charge in [-0.1, -0.05) is 24.3 Å². The van der Waals surface area contributed by atoms with Crippen LogP contribution in [-0.2, 0) is 14.3 Å². The van der Waals surface area contributed by atoms with Gasteiger partial charge in [-0.15, -0.1) is 11.8 Å². The van der Waals surface area contributed by atoms with Crippen LogP contribution in [0, 0.1) is 10.1 Å². The maximum Gasteiger partial charge on any atom is 0.336 e. The number of nitro benzene ring substituents is 1. The Morgan fingerprint density at radius 1 is 1.26 bits per heavy atom. The Morgan fingerprint density at radius 3 is 2.52 bits per heavy atom. The molecule has 0 fully saturated rings. The Kier molecular flexibility index (Phi) is 7.33. The molecule has 0 aliphatic carbocycles. The predicted octanol–water partition coefficient (Wildman–Crippen LogP) is 2.89. The molecule has 9 heteroatoms. The van der Waals surface area contributed by atoms with Crippen molar-refractivity contribution in [3.05, 3.63) is 64.2 Å². The van der Waals surface area contributed by atoms with Gasteiger partial charge >= 0.3 is 5.97 Å². The molecule has 2 atom stereocenters. The SMILES string of the molecule is CCOC(=O)[C@H](O)[C@@H](Sc1ccccc1[N+](=O)[O-])c1ccc(OC=O)cc1. The molecule has 0 aliphatic heterocycles. The first-order valence-electron chi connectivity index (χ1n) is 7.93. The van der Waals surface area contributed by atoms with Crippen LogP contribution in [0.25, 0.3) is 0 Å². The van der Waals surface area contributed by atoms with Gasteiger partial charge in [-0.05, 0) is 30.7 Å². The number of aliphatic hydroxyl groups excluding tert-OH is 1. The summed E-state index contributed by atoms with van der Waals surface area (Å²) in [6.45, 7) is 1.98. The van der Waals surface area contributed by atoms with Gasteiger partial charge in [0.25, 0.3) is 12.2 Å². The molecule has 0 saturated heterocycles. The maximum absolute atomic E-state index is 12.0. The smallest absolute Gasteiger partial charge is 0.336 e. The van der Waals surface area contributed by atoms with E-state index in [1.807, 2.05) is 0 Å². The first kappa shape index (κ1) is 20.4. The summed E-state index contributed by atoms with van der Waals surface area (Å²) < 4.78 is 9.60. The molecule has 2 aromatic carbocycles. The first-order valence-corrected chi connectivity index (χ1v) is 8.81. The number of thioether (sulfide) groups is 1. The van der Waals surface area contributed by atoms with Crippen molar-refractivity contribution in [2.45, 2.75) is 23.2 Å². The summed E-state index contributed by atoms with van der Waals surface area (Å²) in [5, 5.41) is 20.9. The normalized spacial score (nSPS) is 12.7. The maximum atomic E-state index is 12.0. The highest BCUT2D eigenvalue weighted by molar-refractivity contribution is 7.99. The lowest BCUT2D eigenvalue weighted by molar-refractivity contribution is -0.387. The van der Waals surface area contributed by atoms with E-state index in [0.717, 1.165) is 11.8 Å². The predicted molar refractivity (Wildman–Crippen MR) is 97.5 cm³/mol. The average molecular weight is 391 g/mol. The molecule has 1 N–H and O–H groups in total. The average Bonchev–Trinajstić information content (AvgIpc) is 2.67. The first-order chi connectivity index (χ1) is 13.0. The summed E-state index contributed by atoms with van der Waals surface area (Å²) in [4.78, 5) is 33.5. The number of esters is 1. The fourth-order valence-corrected chi connectivity index (χ4v) is 3.53. The Morgan fingerprint density at radius 2 is 1.93 bits per heavy atom. The number of carbonyl (C=O) groups excluding carboxylic acids is 2. The van der Waals surface area contributed by atoms with Crippen molar-refractivity contribution in [1.29, 1.82) is 0 Å². The quantitative estimate of drug-likeness (QED) is 0.228. The van der Waals surface area contributed by atoms with Crippen molar-refractivity contribution in [2.75, 3.05) is 6.61 Å². The van der Waals surface area contributed by atoms with E-state index in [1.165, 1.54) is 30.3 Å². The van der Waals surface area contributed by atoms with Crippen molar-refractivity contribution in [1.82, 2.24) is 0 Å². The van der Waals surface area contributed by atoms with Crippen molar-refractivity contribution < 1.29 is 29.1 Å². The van der Waals surface area contributed by atoms with E-state index >= 15 is 0 Å². The molecular formula is C18H17NO7S. The molecule has 0 aliphatic rings. The Labute approximate surface area is 159 Å². The van der Waals surface area contributed by atoms with E-state index in [0.29, 0.717) is 10.5 Å². The molecule has 27 heavy (non-hydrogen) atoms. The van der Waals surface area contributed by atoms with Crippen LogP contribution in [0.1, 0.15) is 17.7 Å². The van der Waals surface area contributed by atoms with Gasteiger partial charge in [0.15, 0.2) is 6.10 Å². The number of aliphatic hydroxyl groups is 1. The van der Waals surface area contributed by atoms with E-state index in [-0.39, 0.29) is 24.5 Å². The number of nitro groups is 1. The largest absolute Gasteiger partial charge is 0.464 e. The highest BCUT2D eigenvalue weighted by Gasteiger charge is 2.31. The number of ether oxygens (including phenoxy) is 2. The summed E-state index contributed by atoms with van der Waals surface area (Å²) in [6.07, 6.45) is -1.55. The molecule has 0 heterocycles. The van der Waals surface area contributed by atoms with Crippen LogP contribution in [0.3, 0.4) is 0 Å². The van der Waals surface area contributed by atoms with E-state index in [9.17, 15) is 24.8 Å². The second-order valence-corrected chi connectivity index (χ2v) is 6.43. The molecule has 8 nitrogen and oxygen atoms in total. The van der Waals surface area contributed by atoms with Crippen LogP contribution in [0.2, 0.25) is 0 Å². The van der Waals surface area contributed by atoms with Crippen LogP contribution >= 0.6 is 11.8 Å². The second-order valence-electron chi connectivity index (χ2n) is 5.24. The minimum atomic E-state index is -1.55. The molecule has 142 valence electrons. The molecule has 0 saturated carbocycles. The van der Waals surface area contributed by atoms with Crippen molar-refractivity contribution in [3.8, 4) is 5.75 Å². The number of hydrogen-bond acceptors (Lipinski definition) is 8. The third kappa shape index (κ3) is 5.28. The van der Waals surface area contributed by atoms with Gasteiger partial charge in [0.2, 0.25) is 0 Å². The zero-order valence-corrected chi connectivity index (χ0v) is 15.1. The van der Waals surface area contributed by atoms with Crippen LogP contribution in [0.5, 0.6) is 5.75 Å². The summed E-state index contributed by atoms with van der Waals surface area (Å²) >= 11 is 0.975. The highest BCUT2D eigenvalue weighted by atomic mass is 32.2. The van der Waals surface area contributed by atoms with Crippen molar-refractivity contribution >= 4 is 29.9 Å². The van der Waals surface area contributed by atoms with Gasteiger partial charge < -0.3 is 14.6 Å². The summed E-state index contributed by atoms with van der Waals surface area (Å²) in [5.74, 6) is -0.546. The van der Waals surface area contributed by atoms with Gasteiger partial charge in [0.1, 0.15) is 5.75 Å². The molecule has 2 rings (SSSR count). The Bertz CT molecular complexity index is 810. The molecule has 0 amide bonds. The molecule has 0 spiro atoms. The number of rotatable bonds is 9. The van der Waals surface area contributed by atoms with Crippen LogP contribution in [0.15, 0.2) is 53.4 Å². The molecule has 2 aromatic rings. The van der Waals surface area contributed by atoms with Gasteiger partial charge in [-0.3, -0.25) is 14.9 Å². The zero-order valence-electron chi connectivity index (χ0n) is 14.3. The van der Waals surface area contributed by atoms with E-state index in [4.69, 9.17) is 9.47 Å². The van der Waals surface area contributed by atoms with Crippen LogP contribution in [0.4, 0.5) is 5.69 Å². The third-order valence-corrected chi connectivity index (χ3v) is 4.91. The van der Waals surface area contributed by atoms with Gasteiger partial charge in [0, 0.05) is 6.07 Å². The minimum absolute atomic E-state index is 0.0882. The summed E-state index contributed by atoms with van der Waals surface area (Å²) in [5.41, 5.74) is 0.376. The number of benzene rings is 2. The number of carbonyl (C=O) groups is 2. The van der Waals surface area contributed by atoms with Crippen molar-refractivity contribution in [2.24, 2.45) is 0 Å². The Balaban J connectivity index is 2.39. The number of para-hydroxylation sites is 1. The van der Waals surface area contributed by atoms with Crippen LogP contribution in [-0.4, -0.2) is 35.2 Å². The molecule has 0 radical (unpaired) electrons. The third-order valence-electron chi connectivity index (χ3n) is 3.52. The molecular weight excluding hydrogens is 374 g/mol. The lowest BCUT2D eigenvalue weighted by atomic mass is 10.1. The highest BCUT2D eigenvalue weighted by Crippen LogP contribution is 2.42. The van der Waals surface area contributed by atoms with E-state index in [1.54, 1.807) is 25.1 Å². The lowest BCUT2D eigenvalue weighted by Crippen LogP contribution is -2.28.